The molecule has 0 heterocycles. The third-order valence-corrected chi connectivity index (χ3v) is 5.35. The zero-order chi connectivity index (χ0) is 19.3. The number of methoxy groups -OCH3 is 1. The highest BCUT2D eigenvalue weighted by Crippen LogP contribution is 2.39. The van der Waals surface area contributed by atoms with E-state index in [1.165, 1.54) is 11.1 Å². The number of ether oxygens (including phenoxy) is 1. The molecular weight excluding hydrogens is 359 g/mol. The lowest BCUT2D eigenvalue weighted by atomic mass is 9.85. The van der Waals surface area contributed by atoms with Crippen LogP contribution in [0.15, 0.2) is 78.9 Å². The smallest absolute Gasteiger partial charge is 0.329 e. The highest BCUT2D eigenvalue weighted by Gasteiger charge is 2.17. The first-order valence-electron chi connectivity index (χ1n) is 8.76. The molecule has 0 aromatic heterocycles. The molecule has 0 aliphatic carbocycles. The monoisotopic (exact) mass is 382 g/mol. The van der Waals surface area contributed by atoms with Crippen molar-refractivity contribution < 1.29 is 19.1 Å². The molecule has 0 bridgehead atoms. The molecule has 3 aromatic carbocycles. The van der Waals surface area contributed by atoms with Crippen molar-refractivity contribution in [1.29, 1.82) is 0 Å². The molecule has 27 heavy (non-hydrogen) atoms. The van der Waals surface area contributed by atoms with Gasteiger partial charge in [0, 0.05) is 5.92 Å². The van der Waals surface area contributed by atoms with Gasteiger partial charge in [-0.2, -0.15) is 0 Å². The molecule has 2 N–H and O–H groups in total. The van der Waals surface area contributed by atoms with Crippen LogP contribution in [0.5, 0.6) is 5.75 Å². The average Bonchev–Trinajstić information content (AvgIpc) is 2.67. The number of hydrogen-bond acceptors (Lipinski definition) is 2. The van der Waals surface area contributed by atoms with Gasteiger partial charge in [0.25, 0.3) is 0 Å². The predicted molar refractivity (Wildman–Crippen MR) is 107 cm³/mol. The van der Waals surface area contributed by atoms with Crippen molar-refractivity contribution >= 4 is 7.60 Å². The Morgan fingerprint density at radius 3 is 1.93 bits per heavy atom. The van der Waals surface area contributed by atoms with Gasteiger partial charge in [-0.1, -0.05) is 66.7 Å². The minimum Gasteiger partial charge on any atom is -0.497 e. The third-order valence-electron chi connectivity index (χ3n) is 4.57. The van der Waals surface area contributed by atoms with Crippen LogP contribution in [0.2, 0.25) is 0 Å². The van der Waals surface area contributed by atoms with Crippen LogP contribution < -0.4 is 4.74 Å². The molecule has 3 rings (SSSR count). The molecule has 5 heteroatoms. The topological polar surface area (TPSA) is 66.8 Å². The molecule has 0 fully saturated rings. The van der Waals surface area contributed by atoms with E-state index in [-0.39, 0.29) is 12.1 Å². The number of hydrogen-bond donors (Lipinski definition) is 2. The molecular formula is C22H23O4P. The molecule has 0 aliphatic heterocycles. The van der Waals surface area contributed by atoms with Crippen molar-refractivity contribution in [3.8, 4) is 5.75 Å². The summed E-state index contributed by atoms with van der Waals surface area (Å²) in [5.41, 5.74) is 4.16. The van der Waals surface area contributed by atoms with Crippen molar-refractivity contribution in [3.05, 3.63) is 101 Å². The molecule has 0 amide bonds. The van der Waals surface area contributed by atoms with E-state index in [9.17, 15) is 4.57 Å². The molecule has 0 radical (unpaired) electrons. The number of benzene rings is 3. The summed E-state index contributed by atoms with van der Waals surface area (Å²) < 4.78 is 16.5. The fourth-order valence-corrected chi connectivity index (χ4v) is 3.89. The zero-order valence-corrected chi connectivity index (χ0v) is 16.0. The Morgan fingerprint density at radius 2 is 1.37 bits per heavy atom. The van der Waals surface area contributed by atoms with E-state index in [1.54, 1.807) is 19.2 Å². The lowest BCUT2D eigenvalue weighted by Gasteiger charge is -2.19. The van der Waals surface area contributed by atoms with Crippen LogP contribution in [0.1, 0.15) is 28.2 Å². The second-order valence-corrected chi connectivity index (χ2v) is 8.23. The SMILES string of the molecule is COc1ccc(CC(c2ccccc2)c2ccc(CP(=O)(O)O)cc2)cc1. The maximum Gasteiger partial charge on any atom is 0.329 e. The first kappa shape index (κ1) is 19.4. The zero-order valence-electron chi connectivity index (χ0n) is 15.2. The summed E-state index contributed by atoms with van der Waals surface area (Å²) in [6, 6.07) is 25.9. The van der Waals surface area contributed by atoms with Gasteiger partial charge in [-0.15, -0.1) is 0 Å². The second-order valence-electron chi connectivity index (χ2n) is 6.58. The van der Waals surface area contributed by atoms with Crippen LogP contribution in [-0.2, 0) is 17.1 Å². The summed E-state index contributed by atoms with van der Waals surface area (Å²) in [5, 5.41) is 0. The van der Waals surface area contributed by atoms with Crippen LogP contribution in [-0.4, -0.2) is 16.9 Å². The summed E-state index contributed by atoms with van der Waals surface area (Å²) >= 11 is 0. The highest BCUT2D eigenvalue weighted by molar-refractivity contribution is 7.50. The number of rotatable bonds is 7. The molecule has 3 aromatic rings. The van der Waals surface area contributed by atoms with E-state index in [1.807, 2.05) is 42.5 Å². The lowest BCUT2D eigenvalue weighted by Crippen LogP contribution is -2.05. The fourth-order valence-electron chi connectivity index (χ4n) is 3.20. The summed E-state index contributed by atoms with van der Waals surface area (Å²) in [6.45, 7) is 0. The molecule has 0 saturated carbocycles. The summed E-state index contributed by atoms with van der Waals surface area (Å²) in [5.74, 6) is 0.987. The maximum absolute atomic E-state index is 11.2. The van der Waals surface area contributed by atoms with E-state index in [0.29, 0.717) is 5.56 Å². The highest BCUT2D eigenvalue weighted by atomic mass is 31.2. The van der Waals surface area contributed by atoms with E-state index >= 15 is 0 Å². The first-order chi connectivity index (χ1) is 12.9. The summed E-state index contributed by atoms with van der Waals surface area (Å²) in [4.78, 5) is 18.3. The van der Waals surface area contributed by atoms with Crippen LogP contribution in [0.3, 0.4) is 0 Å². The van der Waals surface area contributed by atoms with Crippen LogP contribution in [0, 0.1) is 0 Å². The molecule has 1 atom stereocenters. The van der Waals surface area contributed by atoms with Crippen LogP contribution in [0.4, 0.5) is 0 Å². The Hall–Kier alpha value is -2.39. The van der Waals surface area contributed by atoms with E-state index < -0.39 is 7.60 Å². The van der Waals surface area contributed by atoms with Crippen LogP contribution in [0.25, 0.3) is 0 Å². The molecule has 0 saturated heterocycles. The molecule has 1 unspecified atom stereocenters. The van der Waals surface area contributed by atoms with Gasteiger partial charge in [-0.3, -0.25) is 4.57 Å². The van der Waals surface area contributed by atoms with Crippen LogP contribution >= 0.6 is 7.60 Å². The van der Waals surface area contributed by atoms with Crippen molar-refractivity contribution in [2.45, 2.75) is 18.5 Å². The van der Waals surface area contributed by atoms with E-state index in [4.69, 9.17) is 14.5 Å². The predicted octanol–water partition coefficient (Wildman–Crippen LogP) is 4.75. The molecule has 140 valence electrons. The van der Waals surface area contributed by atoms with E-state index in [2.05, 4.69) is 24.3 Å². The second kappa shape index (κ2) is 8.53. The lowest BCUT2D eigenvalue weighted by molar-refractivity contribution is 0.371. The van der Waals surface area contributed by atoms with Crippen molar-refractivity contribution in [3.63, 3.8) is 0 Å². The van der Waals surface area contributed by atoms with Gasteiger partial charge in [0.2, 0.25) is 0 Å². The Balaban J connectivity index is 1.89. The van der Waals surface area contributed by atoms with Gasteiger partial charge >= 0.3 is 7.60 Å². The standard InChI is InChI=1S/C22H23O4P/c1-26-21-13-9-17(10-14-21)15-22(19-5-3-2-4-6-19)20-11-7-18(8-12-20)16-27(23,24)25/h2-14,22H,15-16H2,1H3,(H2,23,24,25). The first-order valence-corrected chi connectivity index (χ1v) is 10.6. The normalized spacial score (nSPS) is 12.6. The van der Waals surface area contributed by atoms with Crippen molar-refractivity contribution in [2.24, 2.45) is 0 Å². The van der Waals surface area contributed by atoms with Gasteiger partial charge in [-0.25, -0.2) is 0 Å². The molecule has 4 nitrogen and oxygen atoms in total. The summed E-state index contributed by atoms with van der Waals surface area (Å²) in [6.07, 6.45) is 0.591. The van der Waals surface area contributed by atoms with Gasteiger partial charge in [0.05, 0.1) is 13.3 Å². The van der Waals surface area contributed by atoms with Gasteiger partial charge in [0.15, 0.2) is 0 Å². The van der Waals surface area contributed by atoms with Gasteiger partial charge < -0.3 is 14.5 Å². The Morgan fingerprint density at radius 1 is 0.815 bits per heavy atom. The Bertz CT molecular complexity index is 899. The molecule has 0 aliphatic rings. The minimum atomic E-state index is -4.06. The molecule has 0 spiro atoms. The Labute approximate surface area is 159 Å². The largest absolute Gasteiger partial charge is 0.497 e. The van der Waals surface area contributed by atoms with Gasteiger partial charge in [0.1, 0.15) is 5.75 Å². The van der Waals surface area contributed by atoms with Gasteiger partial charge in [-0.05, 0) is 40.8 Å². The summed E-state index contributed by atoms with van der Waals surface area (Å²) in [7, 11) is -2.41. The third kappa shape index (κ3) is 5.54. The Kier molecular flexibility index (Phi) is 6.12. The van der Waals surface area contributed by atoms with Crippen molar-refractivity contribution in [2.75, 3.05) is 7.11 Å². The average molecular weight is 382 g/mol. The fraction of sp³-hybridized carbons (Fsp3) is 0.182. The maximum atomic E-state index is 11.2. The minimum absolute atomic E-state index is 0.156. The van der Waals surface area contributed by atoms with Crippen molar-refractivity contribution in [1.82, 2.24) is 0 Å². The quantitative estimate of drug-likeness (QED) is 0.579. The van der Waals surface area contributed by atoms with E-state index in [0.717, 1.165) is 17.7 Å².